The van der Waals surface area contributed by atoms with Crippen molar-refractivity contribution in [2.45, 2.75) is 19.9 Å². The molecule has 1 aliphatic rings. The van der Waals surface area contributed by atoms with E-state index in [0.29, 0.717) is 28.3 Å². The number of hydrogen-bond donors (Lipinski definition) is 3. The molecule has 3 amide bonds. The van der Waals surface area contributed by atoms with Gasteiger partial charge in [0.25, 0.3) is 5.91 Å². The zero-order valence-corrected chi connectivity index (χ0v) is 22.3. The molecule has 0 saturated heterocycles. The fourth-order valence-corrected chi connectivity index (χ4v) is 3.94. The van der Waals surface area contributed by atoms with Gasteiger partial charge in [-0.2, -0.15) is 5.10 Å². The largest absolute Gasteiger partial charge is 0.496 e. The maximum absolute atomic E-state index is 12.5. The molecule has 0 bridgehead atoms. The third-order valence-corrected chi connectivity index (χ3v) is 5.72. The number of nitrogens with one attached hydrogen (secondary N) is 3. The molecule has 3 rings (SSSR count). The van der Waals surface area contributed by atoms with Crippen molar-refractivity contribution in [1.29, 1.82) is 0 Å². The number of allylic oxidation sites excluding steroid dienone is 1. The lowest BCUT2D eigenvalue weighted by Crippen LogP contribution is -2.45. The van der Waals surface area contributed by atoms with Gasteiger partial charge in [0, 0.05) is 15.7 Å². The van der Waals surface area contributed by atoms with Gasteiger partial charge in [-0.05, 0) is 49.7 Å². The Hall–Kier alpha value is -4.06. The monoisotopic (exact) mass is 574 g/mol. The molecule has 1 aliphatic heterocycles. The minimum atomic E-state index is -0.761. The molecule has 0 aromatic heterocycles. The number of amides is 3. The van der Waals surface area contributed by atoms with Gasteiger partial charge in [-0.25, -0.2) is 15.0 Å². The van der Waals surface area contributed by atoms with Gasteiger partial charge >= 0.3 is 12.0 Å². The topological polar surface area (TPSA) is 137 Å². The van der Waals surface area contributed by atoms with Gasteiger partial charge in [0.1, 0.15) is 5.75 Å². The number of methoxy groups -OCH3 is 2. The van der Waals surface area contributed by atoms with Crippen LogP contribution in [0.4, 0.5) is 4.79 Å². The lowest BCUT2D eigenvalue weighted by Gasteiger charge is -2.28. The van der Waals surface area contributed by atoms with Crippen LogP contribution >= 0.6 is 15.9 Å². The number of ether oxygens (including phenoxy) is 4. The van der Waals surface area contributed by atoms with Crippen LogP contribution in [0.2, 0.25) is 0 Å². The van der Waals surface area contributed by atoms with Gasteiger partial charge in [0.05, 0.1) is 38.7 Å². The van der Waals surface area contributed by atoms with Gasteiger partial charge < -0.3 is 29.6 Å². The number of carbonyl (C=O) groups is 3. The van der Waals surface area contributed by atoms with E-state index in [0.717, 1.165) is 4.47 Å². The maximum atomic E-state index is 12.5. The van der Waals surface area contributed by atoms with Crippen LogP contribution in [0.1, 0.15) is 31.0 Å². The van der Waals surface area contributed by atoms with Crippen LogP contribution in [0.5, 0.6) is 17.2 Å². The fourth-order valence-electron chi connectivity index (χ4n) is 3.56. The highest BCUT2D eigenvalue weighted by atomic mass is 79.9. The number of carbonyl (C=O) groups excluding carboxylic acids is 3. The first-order chi connectivity index (χ1) is 17.8. The second kappa shape index (κ2) is 12.8. The van der Waals surface area contributed by atoms with E-state index in [1.54, 1.807) is 51.3 Å². The van der Waals surface area contributed by atoms with Crippen LogP contribution in [-0.4, -0.2) is 51.6 Å². The van der Waals surface area contributed by atoms with E-state index in [1.807, 2.05) is 6.07 Å². The average Bonchev–Trinajstić information content (AvgIpc) is 2.87. The summed E-state index contributed by atoms with van der Waals surface area (Å²) in [5.74, 6) is 0.155. The number of hydrazone groups is 1. The van der Waals surface area contributed by atoms with Crippen molar-refractivity contribution in [3.63, 3.8) is 0 Å². The molecule has 0 aliphatic carbocycles. The lowest BCUT2D eigenvalue weighted by molar-refractivity contribution is -0.139. The van der Waals surface area contributed by atoms with E-state index < -0.39 is 23.9 Å². The Balaban J connectivity index is 1.70. The highest BCUT2D eigenvalue weighted by Gasteiger charge is 2.32. The zero-order valence-electron chi connectivity index (χ0n) is 20.7. The van der Waals surface area contributed by atoms with Crippen molar-refractivity contribution < 1.29 is 33.3 Å². The first-order valence-corrected chi connectivity index (χ1v) is 12.0. The van der Waals surface area contributed by atoms with E-state index in [-0.39, 0.29) is 24.5 Å². The second-order valence-electron chi connectivity index (χ2n) is 7.67. The number of benzene rings is 2. The smallest absolute Gasteiger partial charge is 0.338 e. The summed E-state index contributed by atoms with van der Waals surface area (Å²) in [6.07, 6.45) is 1.46. The molecule has 3 N–H and O–H groups in total. The van der Waals surface area contributed by atoms with Gasteiger partial charge in [-0.3, -0.25) is 4.79 Å². The normalized spacial score (nSPS) is 15.1. The van der Waals surface area contributed by atoms with Crippen molar-refractivity contribution in [2.75, 3.05) is 27.4 Å². The van der Waals surface area contributed by atoms with E-state index in [4.69, 9.17) is 18.9 Å². The van der Waals surface area contributed by atoms with Gasteiger partial charge in [-0.1, -0.05) is 22.0 Å². The second-order valence-corrected chi connectivity index (χ2v) is 8.58. The number of urea groups is 1. The lowest BCUT2D eigenvalue weighted by atomic mass is 9.95. The summed E-state index contributed by atoms with van der Waals surface area (Å²) in [5.41, 5.74) is 4.30. The van der Waals surface area contributed by atoms with E-state index in [1.165, 1.54) is 13.3 Å². The summed E-state index contributed by atoms with van der Waals surface area (Å²) in [5, 5.41) is 9.25. The Kier molecular flexibility index (Phi) is 9.50. The molecule has 37 heavy (non-hydrogen) atoms. The summed E-state index contributed by atoms with van der Waals surface area (Å²) in [6.45, 7) is 3.18. The van der Waals surface area contributed by atoms with E-state index in [2.05, 4.69) is 37.1 Å². The predicted molar refractivity (Wildman–Crippen MR) is 139 cm³/mol. The van der Waals surface area contributed by atoms with Crippen molar-refractivity contribution in [1.82, 2.24) is 16.1 Å². The standard InChI is InChI=1S/C25H27BrN4O7/c1-5-36-24(32)22-14(2)28-25(33)29-23(22)15-6-8-19(20(11-15)35-4)37-13-21(31)30-27-12-16-10-17(26)7-9-18(16)34-3/h6-12,23H,5,13H2,1-4H3,(H,30,31)(H2,28,29,33)/b27-12-/t23-/m0/s1. The van der Waals surface area contributed by atoms with Crippen LogP contribution in [0.3, 0.4) is 0 Å². The van der Waals surface area contributed by atoms with Crippen molar-refractivity contribution >= 4 is 40.1 Å². The summed E-state index contributed by atoms with van der Waals surface area (Å²) < 4.78 is 22.3. The molecule has 0 spiro atoms. The molecule has 0 radical (unpaired) electrons. The molecule has 11 nitrogen and oxygen atoms in total. The predicted octanol–water partition coefficient (Wildman–Crippen LogP) is 3.19. The van der Waals surface area contributed by atoms with Gasteiger partial charge in [0.2, 0.25) is 0 Å². The third kappa shape index (κ3) is 7.00. The van der Waals surface area contributed by atoms with Crippen LogP contribution in [0.15, 0.2) is 57.2 Å². The number of halogens is 1. The number of nitrogens with zero attached hydrogens (tertiary/aromatic N) is 1. The van der Waals surface area contributed by atoms with E-state index in [9.17, 15) is 14.4 Å². The summed E-state index contributed by atoms with van der Waals surface area (Å²) in [6, 6.07) is 9.06. The quantitative estimate of drug-likeness (QED) is 0.225. The molecular weight excluding hydrogens is 548 g/mol. The van der Waals surface area contributed by atoms with Crippen molar-refractivity contribution in [2.24, 2.45) is 5.10 Å². The van der Waals surface area contributed by atoms with Crippen molar-refractivity contribution in [3.05, 3.63) is 63.3 Å². The van der Waals surface area contributed by atoms with Crippen LogP contribution in [0.25, 0.3) is 0 Å². The zero-order chi connectivity index (χ0) is 26.9. The Morgan fingerprint density at radius 2 is 1.84 bits per heavy atom. The first-order valence-electron chi connectivity index (χ1n) is 11.2. The molecule has 1 atom stereocenters. The highest BCUT2D eigenvalue weighted by molar-refractivity contribution is 9.10. The molecule has 1 heterocycles. The minimum absolute atomic E-state index is 0.189. The first kappa shape index (κ1) is 27.5. The summed E-state index contributed by atoms with van der Waals surface area (Å²) in [7, 11) is 2.98. The van der Waals surface area contributed by atoms with Crippen LogP contribution in [0, 0.1) is 0 Å². The van der Waals surface area contributed by atoms with Gasteiger partial charge in [0.15, 0.2) is 18.1 Å². The molecule has 196 valence electrons. The number of rotatable bonds is 10. The summed E-state index contributed by atoms with van der Waals surface area (Å²) >= 11 is 3.38. The molecular formula is C25H27BrN4O7. The number of esters is 1. The number of hydrogen-bond acceptors (Lipinski definition) is 8. The highest BCUT2D eigenvalue weighted by Crippen LogP contribution is 2.34. The third-order valence-electron chi connectivity index (χ3n) is 5.23. The van der Waals surface area contributed by atoms with Gasteiger partial charge in [-0.15, -0.1) is 0 Å². The molecule has 2 aromatic rings. The molecule has 0 saturated carbocycles. The van der Waals surface area contributed by atoms with Crippen LogP contribution in [-0.2, 0) is 14.3 Å². The Bertz CT molecular complexity index is 1250. The Morgan fingerprint density at radius 3 is 2.54 bits per heavy atom. The SMILES string of the molecule is CCOC(=O)C1=C(C)NC(=O)N[C@H]1c1ccc(OCC(=O)N/N=C\c2cc(Br)ccc2OC)c(OC)c1. The minimum Gasteiger partial charge on any atom is -0.496 e. The molecule has 12 heteroatoms. The summed E-state index contributed by atoms with van der Waals surface area (Å²) in [4.78, 5) is 36.9. The Morgan fingerprint density at radius 1 is 1.11 bits per heavy atom. The maximum Gasteiger partial charge on any atom is 0.338 e. The van der Waals surface area contributed by atoms with E-state index >= 15 is 0 Å². The average molecular weight is 575 g/mol. The molecule has 0 fully saturated rings. The molecule has 2 aromatic carbocycles. The van der Waals surface area contributed by atoms with Crippen molar-refractivity contribution in [3.8, 4) is 17.2 Å². The Labute approximate surface area is 222 Å². The fraction of sp³-hybridized carbons (Fsp3) is 0.280. The molecule has 0 unspecified atom stereocenters. The van der Waals surface area contributed by atoms with Crippen LogP contribution < -0.4 is 30.3 Å².